The molecule has 2 aromatic heterocycles. The van der Waals surface area contributed by atoms with Crippen LogP contribution in [0.3, 0.4) is 0 Å². The minimum absolute atomic E-state index is 0.0739. The lowest BCUT2D eigenvalue weighted by Crippen LogP contribution is -1.99. The van der Waals surface area contributed by atoms with Crippen LogP contribution in [-0.4, -0.2) is 5.78 Å². The van der Waals surface area contributed by atoms with Gasteiger partial charge in [-0.2, -0.15) is 0 Å². The zero-order valence-electron chi connectivity index (χ0n) is 9.65. The number of ketones is 1. The first-order valence-corrected chi connectivity index (χ1v) is 8.06. The Hall–Kier alpha value is -1.04. The molecule has 1 nitrogen and oxygen atoms in total. The lowest BCUT2D eigenvalue weighted by molar-refractivity contribution is 0.0997. The summed E-state index contributed by atoms with van der Waals surface area (Å²) in [5.74, 6) is -0.199. The van der Waals surface area contributed by atoms with Gasteiger partial charge in [0.15, 0.2) is 5.78 Å². The molecule has 0 aliphatic heterocycles. The lowest BCUT2D eigenvalue weighted by atomic mass is 10.2. The van der Waals surface area contributed by atoms with E-state index in [0.717, 1.165) is 19.4 Å². The van der Waals surface area contributed by atoms with Crippen molar-refractivity contribution in [2.24, 2.45) is 0 Å². The Bertz CT molecular complexity index is 760. The van der Waals surface area contributed by atoms with E-state index < -0.39 is 0 Å². The molecule has 0 saturated carbocycles. The molecule has 3 rings (SSSR count). The molecule has 2 heterocycles. The highest BCUT2D eigenvalue weighted by Gasteiger charge is 2.13. The summed E-state index contributed by atoms with van der Waals surface area (Å²) in [4.78, 5) is 13.9. The standard InChI is InChI=1S/C14H8BrFOS2/c15-10-3-4-18-13(10)7-11(17)14-6-8-5-9(16)1-2-12(8)19-14/h1-6H,7H2. The van der Waals surface area contributed by atoms with Crippen molar-refractivity contribution in [3.8, 4) is 0 Å². The maximum atomic E-state index is 13.1. The van der Waals surface area contributed by atoms with Crippen molar-refractivity contribution in [2.75, 3.05) is 0 Å². The molecule has 0 aliphatic rings. The molecule has 0 atom stereocenters. The number of hydrogen-bond acceptors (Lipinski definition) is 3. The average Bonchev–Trinajstić information content (AvgIpc) is 2.96. The fourth-order valence-corrected chi connectivity index (χ4v) is 4.31. The number of carbonyl (C=O) groups excluding carboxylic acids is 1. The second-order valence-electron chi connectivity index (χ2n) is 4.08. The number of carbonyl (C=O) groups is 1. The summed E-state index contributed by atoms with van der Waals surface area (Å²) in [6.45, 7) is 0. The fourth-order valence-electron chi connectivity index (χ4n) is 1.84. The highest BCUT2D eigenvalue weighted by Crippen LogP contribution is 2.29. The van der Waals surface area contributed by atoms with Crippen LogP contribution in [0.2, 0.25) is 0 Å². The van der Waals surface area contributed by atoms with Crippen molar-refractivity contribution in [2.45, 2.75) is 6.42 Å². The maximum Gasteiger partial charge on any atom is 0.178 e. The molecule has 96 valence electrons. The van der Waals surface area contributed by atoms with Gasteiger partial charge in [0.25, 0.3) is 0 Å². The molecule has 0 spiro atoms. The van der Waals surface area contributed by atoms with Crippen LogP contribution in [0.25, 0.3) is 10.1 Å². The summed E-state index contributed by atoms with van der Waals surface area (Å²) in [5.41, 5.74) is 0. The van der Waals surface area contributed by atoms with Crippen LogP contribution in [0.15, 0.2) is 40.2 Å². The summed E-state index contributed by atoms with van der Waals surface area (Å²) in [6.07, 6.45) is 0.382. The van der Waals surface area contributed by atoms with E-state index in [1.807, 2.05) is 11.4 Å². The van der Waals surface area contributed by atoms with Crippen molar-refractivity contribution in [3.05, 3.63) is 55.8 Å². The van der Waals surface area contributed by atoms with Crippen molar-refractivity contribution in [3.63, 3.8) is 0 Å². The van der Waals surface area contributed by atoms with E-state index in [1.54, 1.807) is 23.5 Å². The average molecular weight is 355 g/mol. The Labute approximate surface area is 125 Å². The molecule has 0 radical (unpaired) electrons. The minimum atomic E-state index is -0.273. The third-order valence-corrected chi connectivity index (χ3v) is 5.85. The van der Waals surface area contributed by atoms with Crippen LogP contribution < -0.4 is 0 Å². The summed E-state index contributed by atoms with van der Waals surface area (Å²) >= 11 is 6.40. The van der Waals surface area contributed by atoms with E-state index >= 15 is 0 Å². The number of Topliss-reactive ketones (excluding diaryl/α,β-unsaturated/α-hetero) is 1. The molecule has 3 aromatic rings. The zero-order valence-corrected chi connectivity index (χ0v) is 12.9. The maximum absolute atomic E-state index is 13.1. The Morgan fingerprint density at radius 3 is 2.84 bits per heavy atom. The van der Waals surface area contributed by atoms with Gasteiger partial charge in [-0.25, -0.2) is 4.39 Å². The largest absolute Gasteiger partial charge is 0.293 e. The second kappa shape index (κ2) is 5.15. The van der Waals surface area contributed by atoms with E-state index in [1.165, 1.54) is 23.5 Å². The summed E-state index contributed by atoms with van der Waals surface area (Å²) < 4.78 is 15.0. The van der Waals surface area contributed by atoms with Crippen LogP contribution >= 0.6 is 38.6 Å². The van der Waals surface area contributed by atoms with Gasteiger partial charge in [-0.3, -0.25) is 4.79 Å². The Kier molecular flexibility index (Phi) is 3.52. The predicted octanol–water partition coefficient (Wildman–Crippen LogP) is 5.29. The number of benzene rings is 1. The molecular formula is C14H8BrFOS2. The van der Waals surface area contributed by atoms with Gasteiger partial charge in [0.2, 0.25) is 0 Å². The van der Waals surface area contributed by atoms with Crippen LogP contribution in [0.5, 0.6) is 0 Å². The number of thiophene rings is 2. The molecule has 0 aliphatic carbocycles. The molecule has 5 heteroatoms. The highest BCUT2D eigenvalue weighted by molar-refractivity contribution is 9.10. The van der Waals surface area contributed by atoms with Gasteiger partial charge in [0, 0.05) is 20.5 Å². The molecule has 0 N–H and O–H groups in total. The third kappa shape index (κ3) is 2.63. The quantitative estimate of drug-likeness (QED) is 0.584. The van der Waals surface area contributed by atoms with Gasteiger partial charge in [0.05, 0.1) is 4.88 Å². The van der Waals surface area contributed by atoms with Gasteiger partial charge in [0.1, 0.15) is 5.82 Å². The van der Waals surface area contributed by atoms with E-state index in [4.69, 9.17) is 0 Å². The van der Waals surface area contributed by atoms with Gasteiger partial charge in [-0.1, -0.05) is 0 Å². The number of rotatable bonds is 3. The minimum Gasteiger partial charge on any atom is -0.293 e. The number of hydrogen-bond donors (Lipinski definition) is 0. The molecular weight excluding hydrogens is 347 g/mol. The normalized spacial score (nSPS) is 11.1. The molecule has 0 saturated heterocycles. The predicted molar refractivity (Wildman–Crippen MR) is 81.8 cm³/mol. The van der Waals surface area contributed by atoms with Gasteiger partial charge in [-0.05, 0) is 57.0 Å². The summed E-state index contributed by atoms with van der Waals surface area (Å²) in [6, 6.07) is 8.31. The first kappa shape index (κ1) is 13.0. The molecule has 19 heavy (non-hydrogen) atoms. The molecule has 1 aromatic carbocycles. The zero-order chi connectivity index (χ0) is 13.4. The van der Waals surface area contributed by atoms with E-state index in [9.17, 15) is 9.18 Å². The Morgan fingerprint density at radius 1 is 1.26 bits per heavy atom. The van der Waals surface area contributed by atoms with Crippen molar-refractivity contribution in [1.82, 2.24) is 0 Å². The summed E-state index contributed by atoms with van der Waals surface area (Å²) in [5, 5.41) is 2.74. The fraction of sp³-hybridized carbons (Fsp3) is 0.0714. The third-order valence-electron chi connectivity index (χ3n) is 2.77. The van der Waals surface area contributed by atoms with Crippen LogP contribution in [0.4, 0.5) is 4.39 Å². The first-order chi connectivity index (χ1) is 9.13. The van der Waals surface area contributed by atoms with E-state index in [-0.39, 0.29) is 11.6 Å². The Morgan fingerprint density at radius 2 is 2.11 bits per heavy atom. The molecule has 0 bridgehead atoms. The van der Waals surface area contributed by atoms with Gasteiger partial charge in [-0.15, -0.1) is 22.7 Å². The molecule has 0 unspecified atom stereocenters. The van der Waals surface area contributed by atoms with Crippen molar-refractivity contribution < 1.29 is 9.18 Å². The smallest absolute Gasteiger partial charge is 0.178 e. The van der Waals surface area contributed by atoms with E-state index in [2.05, 4.69) is 15.9 Å². The SMILES string of the molecule is O=C(Cc1sccc1Br)c1cc2cc(F)ccc2s1. The number of fused-ring (bicyclic) bond motifs is 1. The molecule has 0 fully saturated rings. The number of halogens is 2. The van der Waals surface area contributed by atoms with Crippen molar-refractivity contribution >= 4 is 54.5 Å². The van der Waals surface area contributed by atoms with Crippen LogP contribution in [0.1, 0.15) is 14.5 Å². The summed E-state index contributed by atoms with van der Waals surface area (Å²) in [7, 11) is 0. The van der Waals surface area contributed by atoms with Crippen LogP contribution in [-0.2, 0) is 6.42 Å². The topological polar surface area (TPSA) is 17.1 Å². The van der Waals surface area contributed by atoms with Gasteiger partial charge >= 0.3 is 0 Å². The monoisotopic (exact) mass is 354 g/mol. The molecule has 0 amide bonds. The first-order valence-electron chi connectivity index (χ1n) is 5.57. The second-order valence-corrected chi connectivity index (χ2v) is 7.02. The lowest BCUT2D eigenvalue weighted by Gasteiger charge is -1.95. The highest BCUT2D eigenvalue weighted by atomic mass is 79.9. The Balaban J connectivity index is 1.91. The van der Waals surface area contributed by atoms with Crippen LogP contribution in [0, 0.1) is 5.82 Å². The van der Waals surface area contributed by atoms with Crippen molar-refractivity contribution in [1.29, 1.82) is 0 Å². The van der Waals surface area contributed by atoms with Gasteiger partial charge < -0.3 is 0 Å². The van der Waals surface area contributed by atoms with E-state index in [0.29, 0.717) is 11.3 Å².